The Kier molecular flexibility index (Phi) is 7.76. The number of carbonyl (C=O) groups is 2. The Labute approximate surface area is 168 Å². The van der Waals surface area contributed by atoms with Crippen LogP contribution in [-0.4, -0.2) is 32.0 Å². The van der Waals surface area contributed by atoms with E-state index in [1.54, 1.807) is 7.05 Å². The van der Waals surface area contributed by atoms with Gasteiger partial charge in [-0.1, -0.05) is 44.2 Å². The fourth-order valence-electron chi connectivity index (χ4n) is 3.12. The van der Waals surface area contributed by atoms with Crippen LogP contribution in [0.15, 0.2) is 48.5 Å². The highest BCUT2D eigenvalue weighted by Crippen LogP contribution is 2.26. The molecule has 28 heavy (non-hydrogen) atoms. The van der Waals surface area contributed by atoms with Crippen molar-refractivity contribution < 1.29 is 14.5 Å². The summed E-state index contributed by atoms with van der Waals surface area (Å²) in [5, 5.41) is 5.73. The van der Waals surface area contributed by atoms with Crippen LogP contribution in [-0.2, 0) is 11.3 Å². The molecule has 2 rings (SSSR count). The third-order valence-corrected chi connectivity index (χ3v) is 5.42. The topological polar surface area (TPSA) is 62.6 Å². The van der Waals surface area contributed by atoms with Crippen molar-refractivity contribution in [3.05, 3.63) is 65.2 Å². The molecular weight excluding hydrogens is 350 g/mol. The zero-order valence-electron chi connectivity index (χ0n) is 17.5. The quantitative estimate of drug-likeness (QED) is 0.657. The van der Waals surface area contributed by atoms with Gasteiger partial charge in [0.25, 0.3) is 11.8 Å². The van der Waals surface area contributed by atoms with Gasteiger partial charge in [-0.05, 0) is 43.0 Å². The van der Waals surface area contributed by atoms with Gasteiger partial charge in [0, 0.05) is 23.9 Å². The normalized spacial score (nSPS) is 14.0. The van der Waals surface area contributed by atoms with Crippen LogP contribution in [0.1, 0.15) is 54.6 Å². The van der Waals surface area contributed by atoms with Crippen molar-refractivity contribution in [2.24, 2.45) is 0 Å². The summed E-state index contributed by atoms with van der Waals surface area (Å²) < 4.78 is 0. The zero-order chi connectivity index (χ0) is 20.7. The molecule has 0 spiro atoms. The number of likely N-dealkylation sites (N-methyl/N-ethyl adjacent to an activating group) is 1. The van der Waals surface area contributed by atoms with Crippen LogP contribution in [0.4, 0.5) is 5.69 Å². The number of quaternary nitrogens is 1. The van der Waals surface area contributed by atoms with E-state index in [4.69, 9.17) is 0 Å². The van der Waals surface area contributed by atoms with Crippen LogP contribution in [0.25, 0.3) is 0 Å². The van der Waals surface area contributed by atoms with Gasteiger partial charge in [-0.2, -0.15) is 0 Å². The van der Waals surface area contributed by atoms with E-state index < -0.39 is 0 Å². The molecule has 1 unspecified atom stereocenters. The lowest BCUT2D eigenvalue weighted by atomic mass is 9.97. The Morgan fingerprint density at radius 3 is 2.29 bits per heavy atom. The molecule has 0 saturated carbocycles. The molecule has 0 heterocycles. The maximum atomic E-state index is 12.8. The zero-order valence-corrected chi connectivity index (χ0v) is 17.5. The third kappa shape index (κ3) is 5.42. The highest BCUT2D eigenvalue weighted by Gasteiger charge is 2.23. The van der Waals surface area contributed by atoms with Gasteiger partial charge in [0.15, 0.2) is 6.04 Å². The van der Waals surface area contributed by atoms with Crippen LogP contribution in [0.5, 0.6) is 0 Å². The van der Waals surface area contributed by atoms with Gasteiger partial charge >= 0.3 is 0 Å². The first-order chi connectivity index (χ1) is 13.4. The summed E-state index contributed by atoms with van der Waals surface area (Å²) in [5.41, 5.74) is 3.80. The molecule has 0 radical (unpaired) electrons. The second kappa shape index (κ2) is 10.0. The smallest absolute Gasteiger partial charge is 0.282 e. The first-order valence-electron chi connectivity index (χ1n) is 9.90. The first kappa shape index (κ1) is 21.6. The molecule has 0 aromatic heterocycles. The van der Waals surface area contributed by atoms with Gasteiger partial charge in [0.05, 0.1) is 7.05 Å². The molecule has 0 bridgehead atoms. The predicted molar refractivity (Wildman–Crippen MR) is 114 cm³/mol. The van der Waals surface area contributed by atoms with Crippen LogP contribution < -0.4 is 15.5 Å². The van der Waals surface area contributed by atoms with Gasteiger partial charge in [0.2, 0.25) is 0 Å². The number of amides is 2. The number of carbonyl (C=O) groups excluding carboxylic acids is 2. The van der Waals surface area contributed by atoms with Crippen molar-refractivity contribution in [2.75, 3.05) is 19.4 Å². The van der Waals surface area contributed by atoms with Crippen LogP contribution in [0.3, 0.4) is 0 Å². The van der Waals surface area contributed by atoms with Gasteiger partial charge in [0.1, 0.15) is 6.54 Å². The molecule has 0 fully saturated rings. The molecule has 3 atom stereocenters. The van der Waals surface area contributed by atoms with Crippen LogP contribution in [0, 0.1) is 0 Å². The van der Waals surface area contributed by atoms with E-state index in [1.807, 2.05) is 56.4 Å². The SMILES string of the molecule is CC[C@H](C)c1ccccc1NC(=O)[C@@H](C)[NH+](C)Cc1ccc(C(=O)NC)cc1. The minimum atomic E-state index is -0.205. The number of nitrogens with one attached hydrogen (secondary N) is 3. The van der Waals surface area contributed by atoms with Crippen LogP contribution in [0.2, 0.25) is 0 Å². The summed E-state index contributed by atoms with van der Waals surface area (Å²) in [6.07, 6.45) is 1.03. The van der Waals surface area contributed by atoms with Gasteiger partial charge < -0.3 is 15.5 Å². The van der Waals surface area contributed by atoms with Crippen molar-refractivity contribution in [2.45, 2.75) is 45.7 Å². The Balaban J connectivity index is 2.02. The van der Waals surface area contributed by atoms with E-state index in [9.17, 15) is 9.59 Å². The monoisotopic (exact) mass is 382 g/mol. The molecule has 0 aliphatic rings. The van der Waals surface area contributed by atoms with Crippen molar-refractivity contribution in [3.8, 4) is 0 Å². The highest BCUT2D eigenvalue weighted by molar-refractivity contribution is 5.94. The summed E-state index contributed by atoms with van der Waals surface area (Å²) in [4.78, 5) is 25.5. The van der Waals surface area contributed by atoms with E-state index in [2.05, 4.69) is 30.5 Å². The minimum absolute atomic E-state index is 0.00948. The average molecular weight is 383 g/mol. The van der Waals surface area contributed by atoms with E-state index in [0.717, 1.165) is 22.6 Å². The predicted octanol–water partition coefficient (Wildman–Crippen LogP) is 2.60. The number of rotatable bonds is 8. The van der Waals surface area contributed by atoms with Gasteiger partial charge in [-0.25, -0.2) is 0 Å². The Hall–Kier alpha value is -2.66. The van der Waals surface area contributed by atoms with Crippen molar-refractivity contribution >= 4 is 17.5 Å². The maximum absolute atomic E-state index is 12.8. The number of hydrogen-bond acceptors (Lipinski definition) is 2. The average Bonchev–Trinajstić information content (AvgIpc) is 2.72. The first-order valence-corrected chi connectivity index (χ1v) is 9.90. The molecule has 0 saturated heterocycles. The van der Waals surface area contributed by atoms with Crippen molar-refractivity contribution in [3.63, 3.8) is 0 Å². The number of para-hydroxylation sites is 1. The lowest BCUT2D eigenvalue weighted by Crippen LogP contribution is -3.12. The lowest BCUT2D eigenvalue weighted by Gasteiger charge is -2.22. The van der Waals surface area contributed by atoms with Crippen molar-refractivity contribution in [1.29, 1.82) is 0 Å². The van der Waals surface area contributed by atoms with Gasteiger partial charge in [-0.3, -0.25) is 9.59 Å². The summed E-state index contributed by atoms with van der Waals surface area (Å²) in [6.45, 7) is 6.97. The number of benzene rings is 2. The largest absolute Gasteiger partial charge is 0.355 e. The second-order valence-electron chi connectivity index (χ2n) is 7.41. The van der Waals surface area contributed by atoms with Gasteiger partial charge in [-0.15, -0.1) is 0 Å². The second-order valence-corrected chi connectivity index (χ2v) is 7.41. The fourth-order valence-corrected chi connectivity index (χ4v) is 3.12. The summed E-state index contributed by atoms with van der Waals surface area (Å²) in [6, 6.07) is 15.3. The number of anilines is 1. The molecule has 2 aromatic carbocycles. The molecule has 150 valence electrons. The lowest BCUT2D eigenvalue weighted by molar-refractivity contribution is -0.907. The minimum Gasteiger partial charge on any atom is -0.355 e. The summed E-state index contributed by atoms with van der Waals surface area (Å²) >= 11 is 0. The standard InChI is InChI=1S/C23H31N3O2/c1-6-16(2)20-9-7-8-10-21(20)25-22(27)17(3)26(5)15-18-11-13-19(14-12-18)23(28)24-4/h7-14,16-17H,6,15H2,1-5H3,(H,24,28)(H,25,27)/p+1/t16-,17+/m0/s1. The van der Waals surface area contributed by atoms with Crippen molar-refractivity contribution in [1.82, 2.24) is 5.32 Å². The molecule has 5 heteroatoms. The Morgan fingerprint density at radius 1 is 1.04 bits per heavy atom. The molecular formula is C23H32N3O2+. The molecule has 3 N–H and O–H groups in total. The Bertz CT molecular complexity index is 802. The maximum Gasteiger partial charge on any atom is 0.282 e. The molecule has 0 aliphatic heterocycles. The van der Waals surface area contributed by atoms with E-state index in [1.165, 1.54) is 5.56 Å². The van der Waals surface area contributed by atoms with E-state index >= 15 is 0 Å². The van der Waals surface area contributed by atoms with E-state index in [-0.39, 0.29) is 17.9 Å². The summed E-state index contributed by atoms with van der Waals surface area (Å²) in [5.74, 6) is 0.311. The van der Waals surface area contributed by atoms with Crippen LogP contribution >= 0.6 is 0 Å². The molecule has 2 amide bonds. The Morgan fingerprint density at radius 2 is 1.68 bits per heavy atom. The molecule has 0 aliphatic carbocycles. The third-order valence-electron chi connectivity index (χ3n) is 5.42. The highest BCUT2D eigenvalue weighted by atomic mass is 16.2. The molecule has 5 nitrogen and oxygen atoms in total. The fraction of sp³-hybridized carbons (Fsp3) is 0.391. The summed E-state index contributed by atoms with van der Waals surface area (Å²) in [7, 11) is 3.63. The van der Waals surface area contributed by atoms with E-state index in [0.29, 0.717) is 18.0 Å². The number of hydrogen-bond donors (Lipinski definition) is 3. The molecule has 2 aromatic rings.